The van der Waals surface area contributed by atoms with E-state index in [9.17, 15) is 17.6 Å². The predicted molar refractivity (Wildman–Crippen MR) is 103 cm³/mol. The highest BCUT2D eigenvalue weighted by Gasteiger charge is 2.32. The van der Waals surface area contributed by atoms with Gasteiger partial charge in [0, 0.05) is 32.9 Å². The van der Waals surface area contributed by atoms with E-state index in [0.717, 1.165) is 24.8 Å². The number of rotatable bonds is 8. The molecule has 156 valence electrons. The van der Waals surface area contributed by atoms with Gasteiger partial charge in [-0.1, -0.05) is 23.8 Å². The van der Waals surface area contributed by atoms with Crippen molar-refractivity contribution in [3.8, 4) is 5.75 Å². The fourth-order valence-corrected chi connectivity index (χ4v) is 2.24. The second kappa shape index (κ2) is 11.0. The number of hydrogen-bond donors (Lipinski definition) is 0. The predicted octanol–water partition coefficient (Wildman–Crippen LogP) is 5.54. The summed E-state index contributed by atoms with van der Waals surface area (Å²) < 4.78 is 58.2. The van der Waals surface area contributed by atoms with Crippen molar-refractivity contribution in [2.45, 2.75) is 46.1 Å². The standard InChI is InChI=1S/C19H24ClF4N3O/c1-5-17(20)26-11-13(2)8-6-7-9-25-18-16(28-14(3)21)10-15(12-27(18)4)19(22,23)24/h5,8,10-12,14H,6-7,9H2,1-4H3/b13-8+,17-5-,25-18?,26-11-. The highest BCUT2D eigenvalue weighted by Crippen LogP contribution is 2.30. The van der Waals surface area contributed by atoms with Crippen LogP contribution in [-0.4, -0.2) is 23.7 Å². The summed E-state index contributed by atoms with van der Waals surface area (Å²) in [5.41, 5.74) is 0.150. The van der Waals surface area contributed by atoms with Crippen molar-refractivity contribution >= 4 is 17.8 Å². The van der Waals surface area contributed by atoms with Crippen LogP contribution in [0.3, 0.4) is 0 Å². The second-order valence-corrected chi connectivity index (χ2v) is 6.42. The Kier molecular flexibility index (Phi) is 9.45. The zero-order valence-electron chi connectivity index (χ0n) is 16.2. The average molecular weight is 422 g/mol. The molecule has 0 radical (unpaired) electrons. The maximum Gasteiger partial charge on any atom is 0.417 e. The van der Waals surface area contributed by atoms with Gasteiger partial charge in [-0.15, -0.1) is 0 Å². The largest absolute Gasteiger partial charge is 0.457 e. The molecule has 1 rings (SSSR count). The molecule has 1 atom stereocenters. The van der Waals surface area contributed by atoms with Gasteiger partial charge < -0.3 is 9.30 Å². The number of hydrogen-bond acceptors (Lipinski definition) is 3. The highest BCUT2D eigenvalue weighted by atomic mass is 35.5. The van der Waals surface area contributed by atoms with E-state index in [4.69, 9.17) is 16.3 Å². The van der Waals surface area contributed by atoms with Crippen LogP contribution < -0.4 is 10.2 Å². The molecule has 1 heterocycles. The third kappa shape index (κ3) is 8.29. The maximum atomic E-state index is 13.2. The first-order chi connectivity index (χ1) is 13.0. The number of pyridine rings is 1. The SMILES string of the molecule is C\C=C(Cl)/N=C\C(C)=C\CCCN=c1c(OC(C)F)cc(C(F)(F)F)cn1C. The Balaban J connectivity index is 2.91. The molecule has 0 amide bonds. The monoisotopic (exact) mass is 421 g/mol. The minimum atomic E-state index is -4.56. The molecule has 0 N–H and O–H groups in total. The molecule has 0 aliphatic rings. The third-order valence-electron chi connectivity index (χ3n) is 3.51. The van der Waals surface area contributed by atoms with E-state index in [1.807, 2.05) is 13.0 Å². The number of aliphatic imine (C=N–C) groups is 1. The molecule has 0 aliphatic carbocycles. The molecule has 0 aromatic carbocycles. The van der Waals surface area contributed by atoms with Gasteiger partial charge in [-0.25, -0.2) is 9.38 Å². The van der Waals surface area contributed by atoms with Gasteiger partial charge in [0.15, 0.2) is 11.2 Å². The van der Waals surface area contributed by atoms with Crippen LogP contribution in [0.5, 0.6) is 5.75 Å². The summed E-state index contributed by atoms with van der Waals surface area (Å²) in [6.45, 7) is 5.10. The summed E-state index contributed by atoms with van der Waals surface area (Å²) in [4.78, 5) is 8.31. The van der Waals surface area contributed by atoms with Crippen LogP contribution in [-0.2, 0) is 13.2 Å². The van der Waals surface area contributed by atoms with E-state index < -0.39 is 18.1 Å². The molecule has 0 aliphatic heterocycles. The molecule has 0 bridgehead atoms. The van der Waals surface area contributed by atoms with Gasteiger partial charge in [-0.3, -0.25) is 4.99 Å². The number of nitrogens with zero attached hydrogens (tertiary/aromatic N) is 3. The number of aromatic nitrogens is 1. The third-order valence-corrected chi connectivity index (χ3v) is 3.83. The van der Waals surface area contributed by atoms with E-state index in [1.165, 1.54) is 11.6 Å². The van der Waals surface area contributed by atoms with E-state index in [-0.39, 0.29) is 11.2 Å². The zero-order valence-corrected chi connectivity index (χ0v) is 17.0. The van der Waals surface area contributed by atoms with Crippen molar-refractivity contribution in [3.05, 3.63) is 46.2 Å². The van der Waals surface area contributed by atoms with Crippen molar-refractivity contribution in [1.82, 2.24) is 4.57 Å². The molecule has 0 spiro atoms. The Hall–Kier alpha value is -2.09. The summed E-state index contributed by atoms with van der Waals surface area (Å²) in [5.74, 6) is -0.243. The molecule has 1 unspecified atom stereocenters. The van der Waals surface area contributed by atoms with Crippen LogP contribution >= 0.6 is 11.6 Å². The van der Waals surface area contributed by atoms with Crippen LogP contribution in [0.2, 0.25) is 0 Å². The van der Waals surface area contributed by atoms with Gasteiger partial charge in [-0.05, 0) is 38.3 Å². The second-order valence-electron chi connectivity index (χ2n) is 6.03. The lowest BCUT2D eigenvalue weighted by molar-refractivity contribution is -0.138. The zero-order chi connectivity index (χ0) is 21.3. The Bertz CT molecular complexity index is 808. The van der Waals surface area contributed by atoms with Crippen LogP contribution in [0, 0.1) is 0 Å². The topological polar surface area (TPSA) is 38.9 Å². The van der Waals surface area contributed by atoms with Crippen molar-refractivity contribution in [2.24, 2.45) is 17.0 Å². The van der Waals surface area contributed by atoms with Gasteiger partial charge in [0.2, 0.25) is 6.36 Å². The van der Waals surface area contributed by atoms with Crippen molar-refractivity contribution in [1.29, 1.82) is 0 Å². The Labute approximate surface area is 166 Å². The summed E-state index contributed by atoms with van der Waals surface area (Å²) in [6, 6.07) is 0.764. The molecule has 1 aromatic heterocycles. The quantitative estimate of drug-likeness (QED) is 0.235. The van der Waals surface area contributed by atoms with Crippen molar-refractivity contribution in [3.63, 3.8) is 0 Å². The number of allylic oxidation sites excluding steroid dienone is 3. The summed E-state index contributed by atoms with van der Waals surface area (Å²) >= 11 is 5.78. The number of alkyl halides is 4. The molecule has 28 heavy (non-hydrogen) atoms. The van der Waals surface area contributed by atoms with Crippen LogP contribution in [0.25, 0.3) is 0 Å². The first kappa shape index (κ1) is 23.9. The van der Waals surface area contributed by atoms with Crippen molar-refractivity contribution < 1.29 is 22.3 Å². The lowest BCUT2D eigenvalue weighted by Gasteiger charge is -2.14. The fourth-order valence-electron chi connectivity index (χ4n) is 2.19. The van der Waals surface area contributed by atoms with E-state index >= 15 is 0 Å². The van der Waals surface area contributed by atoms with E-state index in [2.05, 4.69) is 9.98 Å². The lowest BCUT2D eigenvalue weighted by atomic mass is 10.2. The first-order valence-electron chi connectivity index (χ1n) is 8.66. The number of halogens is 5. The van der Waals surface area contributed by atoms with Gasteiger partial charge in [0.05, 0.1) is 5.56 Å². The number of aryl methyl sites for hydroxylation is 1. The smallest absolute Gasteiger partial charge is 0.417 e. The summed E-state index contributed by atoms with van der Waals surface area (Å²) in [7, 11) is 1.41. The summed E-state index contributed by atoms with van der Waals surface area (Å²) in [6.07, 6.45) is 1.19. The molecule has 0 saturated heterocycles. The van der Waals surface area contributed by atoms with Crippen LogP contribution in [0.4, 0.5) is 17.6 Å². The Morgan fingerprint density at radius 2 is 2.07 bits per heavy atom. The number of unbranched alkanes of at least 4 members (excludes halogenated alkanes) is 1. The van der Waals surface area contributed by atoms with Gasteiger partial charge in [0.1, 0.15) is 5.16 Å². The minimum Gasteiger partial charge on any atom is -0.457 e. The summed E-state index contributed by atoms with van der Waals surface area (Å²) in [5, 5.41) is 0.396. The van der Waals surface area contributed by atoms with E-state index in [1.54, 1.807) is 19.2 Å². The van der Waals surface area contributed by atoms with Gasteiger partial charge in [-0.2, -0.15) is 13.2 Å². The normalized spacial score (nSPS) is 15.4. The highest BCUT2D eigenvalue weighted by molar-refractivity contribution is 6.29. The minimum absolute atomic E-state index is 0.152. The van der Waals surface area contributed by atoms with Crippen LogP contribution in [0.15, 0.2) is 45.1 Å². The molecule has 4 nitrogen and oxygen atoms in total. The maximum absolute atomic E-state index is 13.2. The Morgan fingerprint density at radius 1 is 1.39 bits per heavy atom. The van der Waals surface area contributed by atoms with E-state index in [0.29, 0.717) is 24.5 Å². The van der Waals surface area contributed by atoms with Gasteiger partial charge >= 0.3 is 6.18 Å². The first-order valence-corrected chi connectivity index (χ1v) is 9.04. The van der Waals surface area contributed by atoms with Crippen molar-refractivity contribution in [2.75, 3.05) is 6.54 Å². The average Bonchev–Trinajstić information content (AvgIpc) is 2.59. The number of ether oxygens (including phenoxy) is 1. The molecule has 0 saturated carbocycles. The molecule has 1 aromatic rings. The molecular weight excluding hydrogens is 398 g/mol. The Morgan fingerprint density at radius 3 is 2.64 bits per heavy atom. The van der Waals surface area contributed by atoms with Gasteiger partial charge in [0.25, 0.3) is 0 Å². The molecular formula is C19H24ClF4N3O. The van der Waals surface area contributed by atoms with Crippen LogP contribution in [0.1, 0.15) is 39.2 Å². The molecule has 0 fully saturated rings. The lowest BCUT2D eigenvalue weighted by Crippen LogP contribution is -2.25. The fraction of sp³-hybridized carbons (Fsp3) is 0.474. The molecule has 9 heteroatoms.